The number of benzene rings is 2. The summed E-state index contributed by atoms with van der Waals surface area (Å²) in [6, 6.07) is 12.9. The van der Waals surface area contributed by atoms with Gasteiger partial charge in [0.2, 0.25) is 0 Å². The highest BCUT2D eigenvalue weighted by Gasteiger charge is 2.36. The van der Waals surface area contributed by atoms with E-state index in [1.165, 1.54) is 24.3 Å². The number of halogens is 3. The maximum absolute atomic E-state index is 13.8. The van der Waals surface area contributed by atoms with Crippen molar-refractivity contribution >= 4 is 22.9 Å². The summed E-state index contributed by atoms with van der Waals surface area (Å²) >= 11 is 0. The van der Waals surface area contributed by atoms with E-state index in [4.69, 9.17) is 0 Å². The van der Waals surface area contributed by atoms with Crippen LogP contribution in [0.25, 0.3) is 16.9 Å². The minimum Gasteiger partial charge on any atom is -0.322 e. The molecule has 34 heavy (non-hydrogen) atoms. The summed E-state index contributed by atoms with van der Waals surface area (Å²) in [5, 5.41) is 17.0. The number of aromatic nitrogens is 3. The van der Waals surface area contributed by atoms with E-state index in [1.807, 2.05) is 26.0 Å². The maximum atomic E-state index is 13.8. The Hall–Kier alpha value is -4.28. The number of non-ortho nitro benzene ring substituents is 1. The molecule has 0 unspecified atom stereocenters. The molecule has 2 aromatic carbocycles. The zero-order valence-electron chi connectivity index (χ0n) is 18.0. The fraction of sp³-hybridized carbons (Fsp3) is 0.174. The predicted octanol–water partition coefficient (Wildman–Crippen LogP) is 5.70. The lowest BCUT2D eigenvalue weighted by atomic mass is 10.0. The van der Waals surface area contributed by atoms with Gasteiger partial charge in [-0.1, -0.05) is 38.1 Å². The van der Waals surface area contributed by atoms with Crippen LogP contribution in [-0.2, 0) is 6.18 Å². The lowest BCUT2D eigenvalue weighted by Crippen LogP contribution is -2.15. The average Bonchev–Trinajstić information content (AvgIpc) is 3.22. The molecular weight excluding hydrogens is 451 g/mol. The molecule has 0 radical (unpaired) electrons. The van der Waals surface area contributed by atoms with Crippen molar-refractivity contribution in [1.82, 2.24) is 14.6 Å². The number of carbonyl (C=O) groups is 1. The number of hydrogen-bond acceptors (Lipinski definition) is 5. The van der Waals surface area contributed by atoms with Crippen molar-refractivity contribution in [1.29, 1.82) is 0 Å². The molecule has 2 heterocycles. The smallest absolute Gasteiger partial charge is 0.322 e. The lowest BCUT2D eigenvalue weighted by molar-refractivity contribution is -0.384. The number of alkyl halides is 3. The van der Waals surface area contributed by atoms with Crippen LogP contribution in [0.3, 0.4) is 0 Å². The summed E-state index contributed by atoms with van der Waals surface area (Å²) in [6.07, 6.45) is -3.74. The predicted molar refractivity (Wildman–Crippen MR) is 119 cm³/mol. The molecule has 1 N–H and O–H groups in total. The van der Waals surface area contributed by atoms with Gasteiger partial charge in [-0.3, -0.25) is 14.9 Å². The number of carbonyl (C=O) groups excluding carboxylic acids is 1. The molecule has 0 aliphatic heterocycles. The second-order valence-electron chi connectivity index (χ2n) is 7.85. The van der Waals surface area contributed by atoms with Gasteiger partial charge in [0, 0.05) is 23.4 Å². The third-order valence-electron chi connectivity index (χ3n) is 5.22. The van der Waals surface area contributed by atoms with Crippen molar-refractivity contribution in [3.8, 4) is 11.3 Å². The summed E-state index contributed by atoms with van der Waals surface area (Å²) in [6.45, 7) is 4.01. The van der Waals surface area contributed by atoms with E-state index < -0.39 is 22.7 Å². The molecule has 4 rings (SSSR count). The van der Waals surface area contributed by atoms with Crippen LogP contribution in [0.2, 0.25) is 0 Å². The second kappa shape index (κ2) is 8.58. The third-order valence-corrected chi connectivity index (χ3v) is 5.22. The first-order valence-electron chi connectivity index (χ1n) is 10.2. The van der Waals surface area contributed by atoms with Crippen LogP contribution in [0.1, 0.15) is 41.4 Å². The van der Waals surface area contributed by atoms with Crippen molar-refractivity contribution in [2.75, 3.05) is 5.32 Å². The minimum atomic E-state index is -4.74. The molecule has 174 valence electrons. The Morgan fingerprint density at radius 1 is 1.09 bits per heavy atom. The highest BCUT2D eigenvalue weighted by Crippen LogP contribution is 2.33. The van der Waals surface area contributed by atoms with Crippen molar-refractivity contribution in [2.45, 2.75) is 25.9 Å². The minimum absolute atomic E-state index is 0.0417. The second-order valence-corrected chi connectivity index (χ2v) is 7.85. The molecule has 0 fully saturated rings. The quantitative estimate of drug-likeness (QED) is 0.298. The Bertz CT molecular complexity index is 1380. The zero-order valence-corrected chi connectivity index (χ0v) is 18.0. The number of nitrogens with one attached hydrogen (secondary N) is 1. The largest absolute Gasteiger partial charge is 0.433 e. The summed E-state index contributed by atoms with van der Waals surface area (Å²) < 4.78 is 42.0. The van der Waals surface area contributed by atoms with E-state index in [9.17, 15) is 28.1 Å². The number of nitrogens with zero attached hydrogens (tertiary/aromatic N) is 4. The van der Waals surface area contributed by atoms with E-state index in [2.05, 4.69) is 15.4 Å². The first kappa shape index (κ1) is 22.9. The van der Waals surface area contributed by atoms with Gasteiger partial charge in [0.15, 0.2) is 11.3 Å². The van der Waals surface area contributed by atoms with Gasteiger partial charge in [0.25, 0.3) is 11.6 Å². The van der Waals surface area contributed by atoms with Crippen molar-refractivity contribution in [2.24, 2.45) is 0 Å². The molecular formula is C23H18F3N5O3. The van der Waals surface area contributed by atoms with Gasteiger partial charge in [0.1, 0.15) is 5.56 Å². The molecule has 0 spiro atoms. The number of hydrogen-bond donors (Lipinski definition) is 1. The Morgan fingerprint density at radius 2 is 1.74 bits per heavy atom. The van der Waals surface area contributed by atoms with E-state index in [0.717, 1.165) is 17.8 Å². The van der Waals surface area contributed by atoms with Gasteiger partial charge >= 0.3 is 6.18 Å². The zero-order chi connectivity index (χ0) is 24.6. The summed E-state index contributed by atoms with van der Waals surface area (Å²) in [7, 11) is 0. The average molecular weight is 469 g/mol. The topological polar surface area (TPSA) is 102 Å². The molecule has 0 saturated heterocycles. The van der Waals surface area contributed by atoms with Crippen LogP contribution >= 0.6 is 0 Å². The third kappa shape index (κ3) is 4.45. The number of anilines is 1. The molecule has 0 bridgehead atoms. The molecule has 1 amide bonds. The standard InChI is InChI=1S/C23H18F3N5O3/c1-13(2)14-3-5-15(6-4-14)19-11-20(23(24,25)26)30-21(29-19)18(12-27-30)22(32)28-16-7-9-17(10-8-16)31(33)34/h3-13H,1-2H3,(H,28,32). The van der Waals surface area contributed by atoms with Crippen LogP contribution in [-0.4, -0.2) is 25.4 Å². The van der Waals surface area contributed by atoms with Gasteiger partial charge < -0.3 is 5.32 Å². The highest BCUT2D eigenvalue weighted by molar-refractivity contribution is 6.08. The van der Waals surface area contributed by atoms with E-state index in [0.29, 0.717) is 10.1 Å². The SMILES string of the molecule is CC(C)c1ccc(-c2cc(C(F)(F)F)n3ncc(C(=O)Nc4ccc([N+](=O)[O-])cc4)c3n2)cc1. The van der Waals surface area contributed by atoms with E-state index in [-0.39, 0.29) is 34.2 Å². The van der Waals surface area contributed by atoms with Crippen LogP contribution in [0.4, 0.5) is 24.5 Å². The maximum Gasteiger partial charge on any atom is 0.433 e. The van der Waals surface area contributed by atoms with Gasteiger partial charge in [-0.2, -0.15) is 18.3 Å². The number of fused-ring (bicyclic) bond motifs is 1. The van der Waals surface area contributed by atoms with Gasteiger partial charge in [-0.15, -0.1) is 0 Å². The number of amides is 1. The van der Waals surface area contributed by atoms with Crippen LogP contribution in [0.15, 0.2) is 60.8 Å². The molecule has 0 aliphatic rings. The fourth-order valence-corrected chi connectivity index (χ4v) is 3.38. The highest BCUT2D eigenvalue weighted by atomic mass is 19.4. The summed E-state index contributed by atoms with van der Waals surface area (Å²) in [5.74, 6) is -0.503. The normalized spacial score (nSPS) is 11.7. The molecule has 4 aromatic rings. The van der Waals surface area contributed by atoms with Crippen LogP contribution in [0, 0.1) is 10.1 Å². The van der Waals surface area contributed by atoms with E-state index >= 15 is 0 Å². The van der Waals surface area contributed by atoms with Crippen molar-refractivity contribution in [3.63, 3.8) is 0 Å². The van der Waals surface area contributed by atoms with Gasteiger partial charge in [-0.05, 0) is 29.7 Å². The molecule has 8 nitrogen and oxygen atoms in total. The Kier molecular flexibility index (Phi) is 5.78. The summed E-state index contributed by atoms with van der Waals surface area (Å²) in [5.41, 5.74) is 0.0650. The molecule has 0 saturated carbocycles. The van der Waals surface area contributed by atoms with Gasteiger partial charge in [-0.25, -0.2) is 9.50 Å². The number of nitro groups is 1. The Labute approximate surface area is 191 Å². The first-order valence-corrected chi connectivity index (χ1v) is 10.2. The van der Waals surface area contributed by atoms with Crippen LogP contribution in [0.5, 0.6) is 0 Å². The Balaban J connectivity index is 1.76. The molecule has 11 heteroatoms. The molecule has 0 aliphatic carbocycles. The number of nitro benzene ring substituents is 1. The van der Waals surface area contributed by atoms with Crippen molar-refractivity contribution in [3.05, 3.63) is 87.7 Å². The lowest BCUT2D eigenvalue weighted by Gasteiger charge is -2.12. The van der Waals surface area contributed by atoms with Gasteiger partial charge in [0.05, 0.1) is 16.8 Å². The number of rotatable bonds is 5. The van der Waals surface area contributed by atoms with Crippen LogP contribution < -0.4 is 5.32 Å². The molecule has 0 atom stereocenters. The first-order chi connectivity index (χ1) is 16.0. The summed E-state index contributed by atoms with van der Waals surface area (Å²) in [4.78, 5) is 27.3. The Morgan fingerprint density at radius 3 is 2.29 bits per heavy atom. The van der Waals surface area contributed by atoms with Crippen molar-refractivity contribution < 1.29 is 22.9 Å². The monoisotopic (exact) mass is 469 g/mol. The van der Waals surface area contributed by atoms with E-state index in [1.54, 1.807) is 12.1 Å². The molecule has 2 aromatic heterocycles. The fourth-order valence-electron chi connectivity index (χ4n) is 3.38.